The van der Waals surface area contributed by atoms with Gasteiger partial charge in [-0.3, -0.25) is 0 Å². The van der Waals surface area contributed by atoms with Crippen molar-refractivity contribution in [2.75, 3.05) is 6.61 Å². The molecule has 0 unspecified atom stereocenters. The number of aromatic nitrogens is 4. The van der Waals surface area contributed by atoms with Crippen molar-refractivity contribution < 1.29 is 4.74 Å². The Labute approximate surface area is 93.0 Å². The lowest BCUT2D eigenvalue weighted by Gasteiger charge is -2.06. The van der Waals surface area contributed by atoms with E-state index >= 15 is 0 Å². The zero-order valence-corrected chi connectivity index (χ0v) is 9.00. The molecule has 16 heavy (non-hydrogen) atoms. The van der Waals surface area contributed by atoms with Crippen molar-refractivity contribution in [1.29, 1.82) is 0 Å². The third kappa shape index (κ3) is 2.01. The lowest BCUT2D eigenvalue weighted by molar-refractivity contribution is 0.340. The van der Waals surface area contributed by atoms with E-state index in [-0.39, 0.29) is 0 Å². The van der Waals surface area contributed by atoms with Crippen LogP contribution in [0.2, 0.25) is 0 Å². The van der Waals surface area contributed by atoms with Gasteiger partial charge in [-0.1, -0.05) is 6.07 Å². The van der Waals surface area contributed by atoms with Crippen LogP contribution in [-0.4, -0.2) is 26.8 Å². The summed E-state index contributed by atoms with van der Waals surface area (Å²) in [6, 6.07) is 7.55. The quantitative estimate of drug-likeness (QED) is 0.811. The van der Waals surface area contributed by atoms with Crippen LogP contribution in [0.25, 0.3) is 5.69 Å². The molecule has 0 saturated heterocycles. The topological polar surface area (TPSA) is 78.8 Å². The molecule has 0 fully saturated rings. The summed E-state index contributed by atoms with van der Waals surface area (Å²) in [4.78, 5) is 0. The lowest BCUT2D eigenvalue weighted by atomic mass is 10.3. The minimum atomic E-state index is 0.297. The summed E-state index contributed by atoms with van der Waals surface area (Å²) in [6.45, 7) is 2.86. The van der Waals surface area contributed by atoms with Crippen LogP contribution in [0.3, 0.4) is 0 Å². The fourth-order valence-corrected chi connectivity index (χ4v) is 1.41. The van der Waals surface area contributed by atoms with Gasteiger partial charge in [0.05, 0.1) is 18.8 Å². The molecule has 6 nitrogen and oxygen atoms in total. The van der Waals surface area contributed by atoms with Crippen LogP contribution in [0, 0.1) is 0 Å². The molecule has 2 N–H and O–H groups in total. The SMILES string of the molecule is CCOc1cccc(-n2nnnc2CN)c1. The molecule has 0 amide bonds. The van der Waals surface area contributed by atoms with Gasteiger partial charge in [-0.15, -0.1) is 5.10 Å². The van der Waals surface area contributed by atoms with Crippen molar-refractivity contribution in [3.63, 3.8) is 0 Å². The zero-order chi connectivity index (χ0) is 11.4. The van der Waals surface area contributed by atoms with Gasteiger partial charge >= 0.3 is 0 Å². The highest BCUT2D eigenvalue weighted by Gasteiger charge is 2.06. The monoisotopic (exact) mass is 219 g/mol. The minimum absolute atomic E-state index is 0.297. The Morgan fingerprint density at radius 2 is 2.31 bits per heavy atom. The maximum Gasteiger partial charge on any atom is 0.170 e. The van der Waals surface area contributed by atoms with E-state index in [0.29, 0.717) is 19.0 Å². The number of benzene rings is 1. The maximum atomic E-state index is 5.53. The van der Waals surface area contributed by atoms with E-state index in [1.165, 1.54) is 0 Å². The number of hydrogen-bond acceptors (Lipinski definition) is 5. The Balaban J connectivity index is 2.36. The van der Waals surface area contributed by atoms with Crippen molar-refractivity contribution in [3.05, 3.63) is 30.1 Å². The Hall–Kier alpha value is -1.95. The normalized spacial score (nSPS) is 10.4. The van der Waals surface area contributed by atoms with Gasteiger partial charge in [-0.2, -0.15) is 4.68 Å². The highest BCUT2D eigenvalue weighted by molar-refractivity contribution is 5.38. The highest BCUT2D eigenvalue weighted by Crippen LogP contribution is 2.16. The summed E-state index contributed by atoms with van der Waals surface area (Å²) in [5.41, 5.74) is 6.38. The number of rotatable bonds is 4. The first-order chi connectivity index (χ1) is 7.85. The Kier molecular flexibility index (Phi) is 3.11. The van der Waals surface area contributed by atoms with E-state index in [0.717, 1.165) is 11.4 Å². The van der Waals surface area contributed by atoms with Crippen molar-refractivity contribution in [2.45, 2.75) is 13.5 Å². The van der Waals surface area contributed by atoms with E-state index in [4.69, 9.17) is 10.5 Å². The molecule has 6 heteroatoms. The molecule has 1 heterocycles. The van der Waals surface area contributed by atoms with E-state index in [2.05, 4.69) is 15.5 Å². The number of hydrogen-bond donors (Lipinski definition) is 1. The standard InChI is InChI=1S/C10H13N5O/c1-2-16-9-5-3-4-8(6-9)15-10(7-11)12-13-14-15/h3-6H,2,7,11H2,1H3. The molecule has 84 valence electrons. The van der Waals surface area contributed by atoms with Crippen molar-refractivity contribution >= 4 is 0 Å². The van der Waals surface area contributed by atoms with Gasteiger partial charge < -0.3 is 10.5 Å². The van der Waals surface area contributed by atoms with Gasteiger partial charge in [0.15, 0.2) is 5.82 Å². The summed E-state index contributed by atoms with van der Waals surface area (Å²) < 4.78 is 7.00. The second-order valence-electron chi connectivity index (χ2n) is 3.14. The molecule has 1 aromatic heterocycles. The van der Waals surface area contributed by atoms with Gasteiger partial charge in [-0.05, 0) is 29.5 Å². The van der Waals surface area contributed by atoms with Gasteiger partial charge in [0, 0.05) is 6.07 Å². The smallest absolute Gasteiger partial charge is 0.170 e. The van der Waals surface area contributed by atoms with E-state index in [9.17, 15) is 0 Å². The fourth-order valence-electron chi connectivity index (χ4n) is 1.41. The Bertz CT molecular complexity index is 468. The first-order valence-electron chi connectivity index (χ1n) is 5.05. The van der Waals surface area contributed by atoms with Crippen LogP contribution in [0.4, 0.5) is 0 Å². The molecule has 2 rings (SSSR count). The number of tetrazole rings is 1. The van der Waals surface area contributed by atoms with Gasteiger partial charge in [0.1, 0.15) is 5.75 Å². The van der Waals surface area contributed by atoms with Gasteiger partial charge in [0.25, 0.3) is 0 Å². The summed E-state index contributed by atoms with van der Waals surface area (Å²) in [5.74, 6) is 1.41. The molecular formula is C10H13N5O. The van der Waals surface area contributed by atoms with Crippen LogP contribution in [-0.2, 0) is 6.54 Å². The van der Waals surface area contributed by atoms with Crippen LogP contribution in [0.1, 0.15) is 12.7 Å². The van der Waals surface area contributed by atoms with Gasteiger partial charge in [0.2, 0.25) is 0 Å². The molecule has 0 saturated carbocycles. The predicted molar refractivity (Wildman–Crippen MR) is 58.2 cm³/mol. The predicted octanol–water partition coefficient (Wildman–Crippen LogP) is 0.520. The van der Waals surface area contributed by atoms with Crippen molar-refractivity contribution in [3.8, 4) is 11.4 Å². The molecule has 0 aliphatic heterocycles. The second kappa shape index (κ2) is 4.71. The summed E-state index contributed by atoms with van der Waals surface area (Å²) in [5, 5.41) is 11.3. The lowest BCUT2D eigenvalue weighted by Crippen LogP contribution is -2.08. The zero-order valence-electron chi connectivity index (χ0n) is 9.00. The number of ether oxygens (including phenoxy) is 1. The highest BCUT2D eigenvalue weighted by atomic mass is 16.5. The molecule has 2 aromatic rings. The Morgan fingerprint density at radius 3 is 3.06 bits per heavy atom. The van der Waals surface area contributed by atoms with Crippen LogP contribution in [0.5, 0.6) is 5.75 Å². The molecule has 0 bridgehead atoms. The fraction of sp³-hybridized carbons (Fsp3) is 0.300. The van der Waals surface area contributed by atoms with Crippen molar-refractivity contribution in [1.82, 2.24) is 20.2 Å². The number of nitrogens with two attached hydrogens (primary N) is 1. The Morgan fingerprint density at radius 1 is 1.44 bits per heavy atom. The van der Waals surface area contributed by atoms with E-state index < -0.39 is 0 Å². The summed E-state index contributed by atoms with van der Waals surface area (Å²) in [7, 11) is 0. The average molecular weight is 219 g/mol. The molecule has 1 aromatic carbocycles. The average Bonchev–Trinajstić information content (AvgIpc) is 2.78. The summed E-state index contributed by atoms with van der Waals surface area (Å²) in [6.07, 6.45) is 0. The minimum Gasteiger partial charge on any atom is -0.494 e. The van der Waals surface area contributed by atoms with Gasteiger partial charge in [-0.25, -0.2) is 0 Å². The molecule has 0 aliphatic carbocycles. The second-order valence-corrected chi connectivity index (χ2v) is 3.14. The molecule has 0 spiro atoms. The largest absolute Gasteiger partial charge is 0.494 e. The third-order valence-corrected chi connectivity index (χ3v) is 2.09. The first-order valence-corrected chi connectivity index (χ1v) is 5.05. The third-order valence-electron chi connectivity index (χ3n) is 2.09. The first kappa shape index (κ1) is 10.6. The van der Waals surface area contributed by atoms with E-state index in [1.54, 1.807) is 4.68 Å². The molecule has 0 atom stereocenters. The maximum absolute atomic E-state index is 5.53. The van der Waals surface area contributed by atoms with E-state index in [1.807, 2.05) is 31.2 Å². The van der Waals surface area contributed by atoms with Crippen LogP contribution in [0.15, 0.2) is 24.3 Å². The van der Waals surface area contributed by atoms with Crippen LogP contribution < -0.4 is 10.5 Å². The summed E-state index contributed by atoms with van der Waals surface area (Å²) >= 11 is 0. The molecule has 0 radical (unpaired) electrons. The molecule has 0 aliphatic rings. The van der Waals surface area contributed by atoms with Crippen molar-refractivity contribution in [2.24, 2.45) is 5.73 Å². The molecular weight excluding hydrogens is 206 g/mol. The van der Waals surface area contributed by atoms with Crippen LogP contribution >= 0.6 is 0 Å². The number of nitrogens with zero attached hydrogens (tertiary/aromatic N) is 4.